The molecular weight excluding hydrogens is 1050 g/mol. The first kappa shape index (κ1) is 46.1. The summed E-state index contributed by atoms with van der Waals surface area (Å²) in [6.07, 6.45) is 0. The molecule has 22 rings (SSSR count). The van der Waals surface area contributed by atoms with Crippen molar-refractivity contribution in [1.82, 2.24) is 4.57 Å². The molecule has 0 spiro atoms. The summed E-state index contributed by atoms with van der Waals surface area (Å²) in [5.41, 5.74) is 22.6. The van der Waals surface area contributed by atoms with Crippen LogP contribution in [0.5, 0.6) is 0 Å². The summed E-state index contributed by atoms with van der Waals surface area (Å²) in [6, 6.07) is 108. The van der Waals surface area contributed by atoms with Crippen molar-refractivity contribution in [3.63, 3.8) is 0 Å². The highest BCUT2D eigenvalue weighted by Crippen LogP contribution is 2.43. The summed E-state index contributed by atoms with van der Waals surface area (Å²) >= 11 is 2.38. The molecule has 9 aliphatic rings. The van der Waals surface area contributed by atoms with E-state index in [1.807, 2.05) is 0 Å². The summed E-state index contributed by atoms with van der Waals surface area (Å²) in [6.45, 7) is 0. The lowest BCUT2D eigenvalue weighted by Gasteiger charge is -2.27. The molecule has 0 saturated carbocycles. The van der Waals surface area contributed by atoms with Crippen LogP contribution in [0.3, 0.4) is 0 Å². The van der Waals surface area contributed by atoms with Gasteiger partial charge >= 0.3 is 0 Å². The Morgan fingerprint density at radius 2 is 0.416 bits per heavy atom. The van der Waals surface area contributed by atoms with Gasteiger partial charge in [0, 0.05) is 71.2 Å². The molecule has 0 N–H and O–H groups in total. The molecule has 5 heteroatoms. The summed E-state index contributed by atoms with van der Waals surface area (Å²) in [4.78, 5) is 7.01. The van der Waals surface area contributed by atoms with E-state index in [2.05, 4.69) is 339 Å². The van der Waals surface area contributed by atoms with Gasteiger partial charge in [-0.15, -0.1) is 0 Å². The number of aromatic nitrogens is 1. The van der Waals surface area contributed by atoms with Crippen LogP contribution in [0.25, 0.3) is 72.0 Å². The Morgan fingerprint density at radius 3 is 0.701 bits per heavy atom. The van der Waals surface area contributed by atoms with E-state index in [9.17, 15) is 0 Å². The van der Waals surface area contributed by atoms with Crippen molar-refractivity contribution in [3.05, 3.63) is 301 Å². The number of para-hydroxylation sites is 3. The van der Waals surface area contributed by atoms with Crippen LogP contribution >= 0.6 is 22.6 Å². The smallest absolute Gasteiger partial charge is 0.0541 e. The van der Waals surface area contributed by atoms with E-state index in [1.165, 1.54) is 36.5 Å². The maximum absolute atomic E-state index is 2.40. The minimum Gasteiger partial charge on any atom is -0.311 e. The number of fused-ring (bicyclic) bond motifs is 2. The Labute approximate surface area is 462 Å². The second-order valence-electron chi connectivity index (χ2n) is 19.6. The van der Waals surface area contributed by atoms with Crippen LogP contribution in [0, 0.1) is 3.57 Å². The highest BCUT2D eigenvalue weighted by molar-refractivity contribution is 14.1. The van der Waals surface area contributed by atoms with Crippen molar-refractivity contribution < 1.29 is 0 Å². The molecular formula is C72H49IN4. The molecule has 77 heavy (non-hydrogen) atoms. The molecule has 13 aromatic rings. The molecule has 16 bridgehead atoms. The number of nitrogens with zero attached hydrogens (tertiary/aromatic N) is 4. The fourth-order valence-corrected chi connectivity index (χ4v) is 11.5. The quantitative estimate of drug-likeness (QED) is 0.163. The van der Waals surface area contributed by atoms with Gasteiger partial charge in [-0.3, -0.25) is 0 Å². The van der Waals surface area contributed by atoms with E-state index in [0.29, 0.717) is 0 Å². The van der Waals surface area contributed by atoms with Crippen LogP contribution in [0.1, 0.15) is 0 Å². The highest BCUT2D eigenvalue weighted by atomic mass is 127. The van der Waals surface area contributed by atoms with Gasteiger partial charge in [-0.25, -0.2) is 0 Å². The average molecular weight is 1100 g/mol. The third kappa shape index (κ3) is 8.70. The number of hydrogen-bond donors (Lipinski definition) is 0. The van der Waals surface area contributed by atoms with Gasteiger partial charge in [-0.05, 0) is 225 Å². The Morgan fingerprint density at radius 1 is 0.195 bits per heavy atom. The van der Waals surface area contributed by atoms with Crippen molar-refractivity contribution >= 4 is 95.6 Å². The Kier molecular flexibility index (Phi) is 11.8. The molecule has 0 unspecified atom stereocenters. The van der Waals surface area contributed by atoms with Crippen LogP contribution in [0.15, 0.2) is 297 Å². The zero-order valence-electron chi connectivity index (χ0n) is 42.0. The van der Waals surface area contributed by atoms with Gasteiger partial charge in [-0.2, -0.15) is 0 Å². The van der Waals surface area contributed by atoms with Gasteiger partial charge in [0.05, 0.1) is 11.0 Å². The maximum atomic E-state index is 2.40. The molecule has 1 aromatic heterocycles. The first-order valence-corrected chi connectivity index (χ1v) is 27.2. The summed E-state index contributed by atoms with van der Waals surface area (Å²) in [5.74, 6) is 0. The van der Waals surface area contributed by atoms with Crippen LogP contribution in [0.2, 0.25) is 0 Å². The number of benzene rings is 12. The third-order valence-electron chi connectivity index (χ3n) is 15.0. The number of anilines is 9. The molecule has 9 aliphatic heterocycles. The lowest BCUT2D eigenvalue weighted by Crippen LogP contribution is -2.10. The summed E-state index contributed by atoms with van der Waals surface area (Å²) < 4.78 is 3.60. The van der Waals surface area contributed by atoms with Gasteiger partial charge in [0.2, 0.25) is 0 Å². The van der Waals surface area contributed by atoms with Gasteiger partial charge in [0.25, 0.3) is 0 Å². The Bertz CT molecular complexity index is 3960. The molecule has 4 nitrogen and oxygen atoms in total. The number of rotatable bonds is 4. The van der Waals surface area contributed by atoms with Gasteiger partial charge in [0.1, 0.15) is 0 Å². The molecule has 0 fully saturated rings. The topological polar surface area (TPSA) is 14.7 Å². The predicted molar refractivity (Wildman–Crippen MR) is 333 cm³/mol. The highest BCUT2D eigenvalue weighted by Gasteiger charge is 2.19. The molecule has 0 saturated heterocycles. The van der Waals surface area contributed by atoms with E-state index in [1.54, 1.807) is 0 Å². The average Bonchev–Trinajstić information content (AvgIpc) is 3.94. The van der Waals surface area contributed by atoms with Crippen molar-refractivity contribution in [3.8, 4) is 50.2 Å². The zero-order chi connectivity index (χ0) is 51.2. The first-order chi connectivity index (χ1) is 38.1. The van der Waals surface area contributed by atoms with Crippen molar-refractivity contribution in [2.45, 2.75) is 0 Å². The molecule has 12 aromatic carbocycles. The van der Waals surface area contributed by atoms with E-state index in [-0.39, 0.29) is 0 Å². The fourth-order valence-electron chi connectivity index (χ4n) is 11.1. The monoisotopic (exact) mass is 1100 g/mol. The lowest BCUT2D eigenvalue weighted by atomic mass is 9.99. The molecule has 0 amide bonds. The second-order valence-corrected chi connectivity index (χ2v) is 20.8. The molecule has 0 aliphatic carbocycles. The first-order valence-electron chi connectivity index (χ1n) is 26.1. The van der Waals surface area contributed by atoms with Crippen LogP contribution in [-0.2, 0) is 0 Å². The normalized spacial score (nSPS) is 12.1. The van der Waals surface area contributed by atoms with Gasteiger partial charge in [0.15, 0.2) is 0 Å². The summed E-state index contributed by atoms with van der Waals surface area (Å²) in [5, 5.41) is 2.42. The lowest BCUT2D eigenvalue weighted by molar-refractivity contribution is 1.18. The number of halogens is 1. The molecule has 10 heterocycles. The van der Waals surface area contributed by atoms with Crippen LogP contribution < -0.4 is 14.7 Å². The van der Waals surface area contributed by atoms with Crippen molar-refractivity contribution in [2.24, 2.45) is 0 Å². The van der Waals surface area contributed by atoms with Gasteiger partial charge in [-0.1, -0.05) is 140 Å². The zero-order valence-corrected chi connectivity index (χ0v) is 44.1. The predicted octanol–water partition coefficient (Wildman–Crippen LogP) is 20.8. The minimum absolute atomic E-state index is 1.09. The fraction of sp³-hybridized carbons (Fsp3) is 0. The van der Waals surface area contributed by atoms with Crippen LogP contribution in [-0.4, -0.2) is 4.57 Å². The van der Waals surface area contributed by atoms with Crippen molar-refractivity contribution in [2.75, 3.05) is 14.7 Å². The van der Waals surface area contributed by atoms with E-state index in [4.69, 9.17) is 0 Å². The second kappa shape index (κ2) is 19.7. The molecule has 364 valence electrons. The maximum Gasteiger partial charge on any atom is 0.0541 e. The standard InChI is InChI=1S/C72H49IN4/c73-58-30-44-68(45-31-58)76-66-36-20-52(21-37-66)50-16-32-62(33-17-50)74(59-10-4-1-5-11-59)64-40-24-54(25-41-64)56-28-46-71-69(48-56)70-49-57(29-47-72(70)77(71)61-14-8-3-9-15-61)55-26-42-65(43-27-55)75(60-12-6-2-7-13-60)63-34-18-51(19-35-63)53-22-38-67(76)39-23-53/h1-49H. The van der Waals surface area contributed by atoms with Crippen LogP contribution in [0.4, 0.5) is 51.2 Å². The summed E-state index contributed by atoms with van der Waals surface area (Å²) in [7, 11) is 0. The van der Waals surface area contributed by atoms with E-state index < -0.39 is 0 Å². The third-order valence-corrected chi connectivity index (χ3v) is 15.7. The number of hydrogen-bond acceptors (Lipinski definition) is 3. The van der Waals surface area contributed by atoms with Gasteiger partial charge < -0.3 is 19.3 Å². The van der Waals surface area contributed by atoms with E-state index in [0.717, 1.165) is 90.3 Å². The SMILES string of the molecule is Ic1ccc(N2c3ccc(cc3)-c3ccc(cc3)N(c3ccccc3)c3ccc(cc3)-c3ccc4c(c3)c3cc(ccc3n4-c3ccccc3)-c3ccc(cc3)N(c3ccccc3)c3ccc(cc3)-c3ccc2cc3)cc1. The molecule has 0 atom stereocenters. The van der Waals surface area contributed by atoms with E-state index >= 15 is 0 Å². The Balaban J connectivity index is 0.918. The van der Waals surface area contributed by atoms with Crippen molar-refractivity contribution in [1.29, 1.82) is 0 Å². The minimum atomic E-state index is 1.09. The molecule has 0 radical (unpaired) electrons. The Hall–Kier alpha value is -9.43. The largest absolute Gasteiger partial charge is 0.311 e.